The number of benzene rings is 1. The van der Waals surface area contributed by atoms with Gasteiger partial charge in [0.1, 0.15) is 0 Å². The first kappa shape index (κ1) is 18.2. The van der Waals surface area contributed by atoms with Gasteiger partial charge in [-0.05, 0) is 42.2 Å². The Morgan fingerprint density at radius 2 is 1.86 bits per heavy atom. The highest BCUT2D eigenvalue weighted by Crippen LogP contribution is 2.29. The van der Waals surface area contributed by atoms with E-state index in [-0.39, 0.29) is 11.1 Å². The molecule has 0 aliphatic heterocycles. The lowest BCUT2D eigenvalue weighted by molar-refractivity contribution is 0.342. The zero-order valence-electron chi connectivity index (χ0n) is 16.9. The molecule has 0 unspecified atom stereocenters. The van der Waals surface area contributed by atoms with Gasteiger partial charge in [0.2, 0.25) is 0 Å². The van der Waals surface area contributed by atoms with Gasteiger partial charge in [-0.25, -0.2) is 9.78 Å². The molecule has 28 heavy (non-hydrogen) atoms. The minimum atomic E-state index is -0.0310. The quantitative estimate of drug-likeness (QED) is 0.585. The lowest BCUT2D eigenvalue weighted by atomic mass is 9.97. The molecule has 0 saturated carbocycles. The number of aromatic amines is 1. The molecular weight excluding hydrogens is 350 g/mol. The van der Waals surface area contributed by atoms with Gasteiger partial charge < -0.3 is 0 Å². The van der Waals surface area contributed by atoms with Gasteiger partial charge in [0, 0.05) is 30.9 Å². The van der Waals surface area contributed by atoms with Gasteiger partial charge in [0.05, 0.1) is 16.9 Å². The van der Waals surface area contributed by atoms with Crippen LogP contribution in [-0.2, 0) is 13.6 Å². The number of aromatic nitrogens is 5. The molecule has 0 amide bonds. The third kappa shape index (κ3) is 3.15. The van der Waals surface area contributed by atoms with Crippen LogP contribution >= 0.6 is 0 Å². The number of hydrogen-bond acceptors (Lipinski definition) is 3. The Bertz CT molecular complexity index is 1210. The van der Waals surface area contributed by atoms with Crippen molar-refractivity contribution in [3.05, 3.63) is 58.6 Å². The molecule has 1 N–H and O–H groups in total. The van der Waals surface area contributed by atoms with Crippen LogP contribution in [0.15, 0.2) is 47.4 Å². The van der Waals surface area contributed by atoms with Crippen molar-refractivity contribution in [2.45, 2.75) is 34.2 Å². The molecule has 0 bridgehead atoms. The Kier molecular flexibility index (Phi) is 4.22. The molecule has 144 valence electrons. The Morgan fingerprint density at radius 3 is 2.54 bits per heavy atom. The molecule has 4 rings (SSSR count). The molecule has 0 saturated heterocycles. The first-order valence-corrected chi connectivity index (χ1v) is 9.42. The second-order valence-corrected chi connectivity index (χ2v) is 8.52. The van der Waals surface area contributed by atoms with Crippen LogP contribution in [0.2, 0.25) is 0 Å². The summed E-state index contributed by atoms with van der Waals surface area (Å²) in [4.78, 5) is 17.6. The highest BCUT2D eigenvalue weighted by Gasteiger charge is 2.19. The van der Waals surface area contributed by atoms with Crippen LogP contribution in [0.25, 0.3) is 33.7 Å². The number of imidazole rings is 1. The highest BCUT2D eigenvalue weighted by molar-refractivity contribution is 5.79. The minimum absolute atomic E-state index is 0.00522. The Morgan fingerprint density at radius 1 is 1.07 bits per heavy atom. The fourth-order valence-electron chi connectivity index (χ4n) is 3.53. The lowest BCUT2D eigenvalue weighted by Gasteiger charge is -2.18. The van der Waals surface area contributed by atoms with E-state index in [1.807, 2.05) is 29.0 Å². The van der Waals surface area contributed by atoms with E-state index in [9.17, 15) is 4.79 Å². The number of aryl methyl sites for hydroxylation is 2. The van der Waals surface area contributed by atoms with Crippen LogP contribution in [0.3, 0.4) is 0 Å². The number of H-pyrrole nitrogens is 1. The lowest BCUT2D eigenvalue weighted by Crippen LogP contribution is -2.27. The Hall–Kier alpha value is -3.15. The summed E-state index contributed by atoms with van der Waals surface area (Å²) >= 11 is 0. The van der Waals surface area contributed by atoms with Crippen molar-refractivity contribution in [2.24, 2.45) is 12.5 Å². The number of nitrogens with one attached hydrogen (secondary N) is 1. The number of fused-ring (bicyclic) bond motifs is 1. The summed E-state index contributed by atoms with van der Waals surface area (Å²) in [6.45, 7) is 9.11. The third-order valence-electron chi connectivity index (χ3n) is 4.92. The third-order valence-corrected chi connectivity index (χ3v) is 4.92. The Balaban J connectivity index is 1.86. The molecule has 1 aromatic carbocycles. The summed E-state index contributed by atoms with van der Waals surface area (Å²) in [6, 6.07) is 12.2. The SMILES string of the molecule is Cc1ccc(-c2cc[nH]n2)cc1-c1ccc2c(n1)n(C)c(=O)n2CC(C)(C)C. The van der Waals surface area contributed by atoms with E-state index >= 15 is 0 Å². The van der Waals surface area contributed by atoms with Gasteiger partial charge in [-0.15, -0.1) is 0 Å². The van der Waals surface area contributed by atoms with E-state index in [2.05, 4.69) is 56.1 Å². The van der Waals surface area contributed by atoms with Gasteiger partial charge in [0.15, 0.2) is 5.65 Å². The van der Waals surface area contributed by atoms with Crippen LogP contribution in [0, 0.1) is 12.3 Å². The summed E-state index contributed by atoms with van der Waals surface area (Å²) < 4.78 is 3.45. The number of nitrogens with zero attached hydrogens (tertiary/aromatic N) is 4. The smallest absolute Gasteiger partial charge is 0.290 e. The molecule has 3 heterocycles. The molecule has 4 aromatic rings. The van der Waals surface area contributed by atoms with Gasteiger partial charge in [-0.1, -0.05) is 32.9 Å². The molecule has 0 radical (unpaired) electrons. The molecule has 3 aromatic heterocycles. The fraction of sp³-hybridized carbons (Fsp3) is 0.318. The predicted molar refractivity (Wildman–Crippen MR) is 112 cm³/mol. The van der Waals surface area contributed by atoms with Crippen LogP contribution in [0.5, 0.6) is 0 Å². The number of rotatable bonds is 3. The van der Waals surface area contributed by atoms with Crippen LogP contribution in [-0.4, -0.2) is 24.3 Å². The van der Waals surface area contributed by atoms with Crippen LogP contribution < -0.4 is 5.69 Å². The van der Waals surface area contributed by atoms with Crippen molar-refractivity contribution in [2.75, 3.05) is 0 Å². The standard InChI is InChI=1S/C22H25N5O/c1-14-6-7-15(17-10-11-23-25-17)12-16(14)18-8-9-19-20(24-18)26(5)21(28)27(19)13-22(2,3)4/h6-12H,13H2,1-5H3,(H,23,25). The summed E-state index contributed by atoms with van der Waals surface area (Å²) in [5.41, 5.74) is 6.49. The van der Waals surface area contributed by atoms with Crippen molar-refractivity contribution in [1.82, 2.24) is 24.3 Å². The van der Waals surface area contributed by atoms with E-state index in [1.165, 1.54) is 0 Å². The monoisotopic (exact) mass is 375 g/mol. The van der Waals surface area contributed by atoms with Gasteiger partial charge in [-0.2, -0.15) is 5.10 Å². The summed E-state index contributed by atoms with van der Waals surface area (Å²) in [5.74, 6) is 0. The average molecular weight is 375 g/mol. The van der Waals surface area contributed by atoms with Gasteiger partial charge in [-0.3, -0.25) is 14.2 Å². The first-order valence-electron chi connectivity index (χ1n) is 9.42. The minimum Gasteiger partial charge on any atom is -0.290 e. The first-order chi connectivity index (χ1) is 13.2. The van der Waals surface area contributed by atoms with Crippen LogP contribution in [0.1, 0.15) is 26.3 Å². The van der Waals surface area contributed by atoms with Crippen molar-refractivity contribution in [3.8, 4) is 22.5 Å². The maximum Gasteiger partial charge on any atom is 0.330 e. The molecule has 0 spiro atoms. The summed E-state index contributed by atoms with van der Waals surface area (Å²) in [6.07, 6.45) is 1.81. The van der Waals surface area contributed by atoms with E-state index in [0.29, 0.717) is 12.2 Å². The van der Waals surface area contributed by atoms with Crippen LogP contribution in [0.4, 0.5) is 0 Å². The molecule has 6 nitrogen and oxygen atoms in total. The second kappa shape index (κ2) is 6.48. The van der Waals surface area contributed by atoms with Crippen molar-refractivity contribution < 1.29 is 0 Å². The molecule has 0 aliphatic carbocycles. The van der Waals surface area contributed by atoms with Crippen molar-refractivity contribution in [1.29, 1.82) is 0 Å². The molecule has 0 fully saturated rings. The fourth-order valence-corrected chi connectivity index (χ4v) is 3.53. The zero-order valence-corrected chi connectivity index (χ0v) is 16.9. The van der Waals surface area contributed by atoms with Gasteiger partial charge >= 0.3 is 5.69 Å². The largest absolute Gasteiger partial charge is 0.330 e. The molecule has 6 heteroatoms. The van der Waals surface area contributed by atoms with E-state index in [1.54, 1.807) is 11.6 Å². The molecule has 0 aliphatic rings. The zero-order chi connectivity index (χ0) is 20.1. The molecular formula is C22H25N5O. The van der Waals surface area contributed by atoms with E-state index < -0.39 is 0 Å². The predicted octanol–water partition coefficient (Wildman–Crippen LogP) is 4.15. The van der Waals surface area contributed by atoms with Gasteiger partial charge in [0.25, 0.3) is 0 Å². The summed E-state index contributed by atoms with van der Waals surface area (Å²) in [5, 5.41) is 7.12. The maximum absolute atomic E-state index is 12.8. The highest BCUT2D eigenvalue weighted by atomic mass is 16.1. The normalized spacial score (nSPS) is 12.0. The number of hydrogen-bond donors (Lipinski definition) is 1. The van der Waals surface area contributed by atoms with E-state index in [0.717, 1.165) is 33.6 Å². The number of pyridine rings is 1. The van der Waals surface area contributed by atoms with E-state index in [4.69, 9.17) is 4.98 Å². The van der Waals surface area contributed by atoms with Crippen molar-refractivity contribution >= 4 is 11.2 Å². The average Bonchev–Trinajstić information content (AvgIpc) is 3.25. The molecule has 0 atom stereocenters. The topological polar surface area (TPSA) is 68.5 Å². The van der Waals surface area contributed by atoms with Crippen molar-refractivity contribution in [3.63, 3.8) is 0 Å². The maximum atomic E-state index is 12.8. The second-order valence-electron chi connectivity index (χ2n) is 8.52. The summed E-state index contributed by atoms with van der Waals surface area (Å²) in [7, 11) is 1.79. The Labute approximate surface area is 163 Å².